The number of hydrogen-bond acceptors (Lipinski definition) is 6. The first-order valence-corrected chi connectivity index (χ1v) is 13.9. The fourth-order valence-electron chi connectivity index (χ4n) is 4.59. The van der Waals surface area contributed by atoms with Crippen molar-refractivity contribution in [2.24, 2.45) is 4.99 Å². The van der Waals surface area contributed by atoms with Crippen LogP contribution >= 0.6 is 11.3 Å². The molecular formula is C26H23N3O5S2. The number of fused-ring (bicyclic) bond motifs is 3. The van der Waals surface area contributed by atoms with Crippen molar-refractivity contribution in [3.63, 3.8) is 0 Å². The highest BCUT2D eigenvalue weighted by molar-refractivity contribution is 7.92. The van der Waals surface area contributed by atoms with Gasteiger partial charge in [0.1, 0.15) is 0 Å². The van der Waals surface area contributed by atoms with Crippen molar-refractivity contribution in [3.8, 4) is 11.5 Å². The second-order valence-corrected chi connectivity index (χ2v) is 11.5. The Bertz CT molecular complexity index is 1670. The van der Waals surface area contributed by atoms with Gasteiger partial charge in [0.15, 0.2) is 16.3 Å². The summed E-state index contributed by atoms with van der Waals surface area (Å²) in [6.45, 7) is 3.36. The SMILES string of the molecule is CCCn1c(=NC(=O)c2ccc(S(=O)(=O)N3CCc4ccccc43)cc2)sc2cc3c(cc21)OCO3. The Balaban J connectivity index is 1.32. The number of carbonyl (C=O) groups is 1. The van der Waals surface area contributed by atoms with Crippen LogP contribution in [0.2, 0.25) is 0 Å². The van der Waals surface area contributed by atoms with Gasteiger partial charge in [0.25, 0.3) is 15.9 Å². The van der Waals surface area contributed by atoms with Crippen molar-refractivity contribution in [1.29, 1.82) is 0 Å². The highest BCUT2D eigenvalue weighted by atomic mass is 32.2. The van der Waals surface area contributed by atoms with Gasteiger partial charge >= 0.3 is 0 Å². The highest BCUT2D eigenvalue weighted by Gasteiger charge is 2.30. The number of aryl methyl sites for hydroxylation is 1. The largest absolute Gasteiger partial charge is 0.454 e. The number of carbonyl (C=O) groups excluding carboxylic acids is 1. The average molecular weight is 522 g/mol. The lowest BCUT2D eigenvalue weighted by Crippen LogP contribution is -2.29. The maximum absolute atomic E-state index is 13.3. The van der Waals surface area contributed by atoms with E-state index >= 15 is 0 Å². The van der Waals surface area contributed by atoms with Crippen molar-refractivity contribution < 1.29 is 22.7 Å². The van der Waals surface area contributed by atoms with E-state index in [4.69, 9.17) is 9.47 Å². The summed E-state index contributed by atoms with van der Waals surface area (Å²) >= 11 is 1.41. The molecule has 2 aliphatic rings. The Labute approximate surface area is 212 Å². The molecule has 0 saturated heterocycles. The molecule has 2 aliphatic heterocycles. The average Bonchev–Trinajstić information content (AvgIpc) is 3.60. The lowest BCUT2D eigenvalue weighted by Gasteiger charge is -2.19. The first kappa shape index (κ1) is 22.8. The standard InChI is InChI=1S/C26H23N3O5S2/c1-2-12-28-21-14-22-23(34-16-33-22)15-24(21)35-26(28)27-25(30)18-7-9-19(10-8-18)36(31,32)29-13-11-17-5-3-4-6-20(17)29/h3-10,14-15H,2,11-13,16H2,1H3. The van der Waals surface area contributed by atoms with Gasteiger partial charge in [-0.15, -0.1) is 0 Å². The van der Waals surface area contributed by atoms with Crippen LogP contribution in [0.3, 0.4) is 0 Å². The van der Waals surface area contributed by atoms with E-state index in [0.717, 1.165) is 22.2 Å². The third-order valence-corrected chi connectivity index (χ3v) is 9.22. The van der Waals surface area contributed by atoms with Crippen molar-refractivity contribution in [1.82, 2.24) is 4.57 Å². The number of thiazole rings is 1. The Morgan fingerprint density at radius 2 is 1.81 bits per heavy atom. The molecule has 0 spiro atoms. The first-order valence-electron chi connectivity index (χ1n) is 11.7. The van der Waals surface area contributed by atoms with Crippen molar-refractivity contribution in [3.05, 3.63) is 76.6 Å². The number of benzene rings is 3. The Hall–Kier alpha value is -3.63. The molecule has 8 nitrogen and oxygen atoms in total. The second-order valence-electron chi connectivity index (χ2n) is 8.61. The Morgan fingerprint density at radius 3 is 2.58 bits per heavy atom. The zero-order chi connectivity index (χ0) is 24.9. The van der Waals surface area contributed by atoms with Crippen LogP contribution < -0.4 is 18.6 Å². The third kappa shape index (κ3) is 3.77. The van der Waals surface area contributed by atoms with Crippen LogP contribution in [-0.4, -0.2) is 32.2 Å². The zero-order valence-electron chi connectivity index (χ0n) is 19.5. The van der Waals surface area contributed by atoms with E-state index in [0.29, 0.717) is 47.1 Å². The van der Waals surface area contributed by atoms with Crippen LogP contribution in [0.15, 0.2) is 70.6 Å². The zero-order valence-corrected chi connectivity index (χ0v) is 21.1. The molecule has 0 aliphatic carbocycles. The van der Waals surface area contributed by atoms with Gasteiger partial charge < -0.3 is 14.0 Å². The van der Waals surface area contributed by atoms with E-state index in [-0.39, 0.29) is 11.7 Å². The first-order chi connectivity index (χ1) is 17.5. The summed E-state index contributed by atoms with van der Waals surface area (Å²) in [4.78, 5) is 18.2. The highest BCUT2D eigenvalue weighted by Crippen LogP contribution is 2.37. The number of nitrogens with zero attached hydrogens (tertiary/aromatic N) is 3. The van der Waals surface area contributed by atoms with Crippen LogP contribution in [0.4, 0.5) is 5.69 Å². The Morgan fingerprint density at radius 1 is 1.06 bits per heavy atom. The van der Waals surface area contributed by atoms with Crippen LogP contribution in [0, 0.1) is 0 Å². The molecule has 3 aromatic carbocycles. The predicted molar refractivity (Wildman–Crippen MR) is 137 cm³/mol. The van der Waals surface area contributed by atoms with Crippen LogP contribution in [-0.2, 0) is 23.0 Å². The molecule has 1 amide bonds. The maximum atomic E-state index is 13.3. The summed E-state index contributed by atoms with van der Waals surface area (Å²) in [5, 5.41) is 0. The van der Waals surface area contributed by atoms with E-state index in [1.54, 1.807) is 0 Å². The molecule has 0 radical (unpaired) electrons. The molecule has 3 heterocycles. The van der Waals surface area contributed by atoms with Gasteiger partial charge in [-0.2, -0.15) is 4.99 Å². The topological polar surface area (TPSA) is 90.2 Å². The normalized spacial score (nSPS) is 15.0. The van der Waals surface area contributed by atoms with E-state index < -0.39 is 15.9 Å². The molecule has 36 heavy (non-hydrogen) atoms. The quantitative estimate of drug-likeness (QED) is 0.390. The smallest absolute Gasteiger partial charge is 0.279 e. The fraction of sp³-hybridized carbons (Fsp3) is 0.231. The molecule has 0 saturated carbocycles. The number of aromatic nitrogens is 1. The maximum Gasteiger partial charge on any atom is 0.279 e. The number of amides is 1. The summed E-state index contributed by atoms with van der Waals surface area (Å²) in [5.74, 6) is 0.935. The van der Waals surface area contributed by atoms with Crippen molar-refractivity contribution >= 4 is 43.2 Å². The summed E-state index contributed by atoms with van der Waals surface area (Å²) in [7, 11) is -3.72. The molecule has 184 valence electrons. The van der Waals surface area contributed by atoms with Gasteiger partial charge in [-0.25, -0.2) is 8.42 Å². The van der Waals surface area contributed by atoms with Crippen LogP contribution in [0.25, 0.3) is 10.2 Å². The predicted octanol–water partition coefficient (Wildman–Crippen LogP) is 4.33. The molecule has 0 fully saturated rings. The molecule has 0 unspecified atom stereocenters. The second kappa shape index (κ2) is 8.79. The number of ether oxygens (including phenoxy) is 2. The molecule has 0 bridgehead atoms. The van der Waals surface area contributed by atoms with E-state index in [1.165, 1.54) is 39.9 Å². The fourth-order valence-corrected chi connectivity index (χ4v) is 7.16. The summed E-state index contributed by atoms with van der Waals surface area (Å²) in [5.41, 5.74) is 2.98. The Kier molecular flexibility index (Phi) is 5.57. The number of rotatable bonds is 5. The summed E-state index contributed by atoms with van der Waals surface area (Å²) in [6, 6.07) is 17.3. The summed E-state index contributed by atoms with van der Waals surface area (Å²) < 4.78 is 41.9. The third-order valence-electron chi connectivity index (χ3n) is 6.36. The number of hydrogen-bond donors (Lipinski definition) is 0. The lowest BCUT2D eigenvalue weighted by atomic mass is 10.2. The number of anilines is 1. The lowest BCUT2D eigenvalue weighted by molar-refractivity contribution is 0.0997. The van der Waals surface area contributed by atoms with Gasteiger partial charge in [-0.05, 0) is 48.7 Å². The van der Waals surface area contributed by atoms with E-state index in [1.807, 2.05) is 41.0 Å². The molecule has 0 atom stereocenters. The molecule has 6 rings (SSSR count). The van der Waals surface area contributed by atoms with Crippen LogP contribution in [0.1, 0.15) is 29.3 Å². The van der Waals surface area contributed by atoms with Gasteiger partial charge in [0.05, 0.1) is 20.8 Å². The molecule has 1 aromatic heterocycles. The molecule has 4 aromatic rings. The van der Waals surface area contributed by atoms with Crippen LogP contribution in [0.5, 0.6) is 11.5 Å². The number of sulfonamides is 1. The minimum Gasteiger partial charge on any atom is -0.454 e. The molecule has 10 heteroatoms. The minimum absolute atomic E-state index is 0.146. The minimum atomic E-state index is -3.72. The van der Waals surface area contributed by atoms with Gasteiger partial charge in [0, 0.05) is 30.8 Å². The van der Waals surface area contributed by atoms with E-state index in [9.17, 15) is 13.2 Å². The summed E-state index contributed by atoms with van der Waals surface area (Å²) in [6.07, 6.45) is 1.55. The molecular weight excluding hydrogens is 498 g/mol. The van der Waals surface area contributed by atoms with Gasteiger partial charge in [0.2, 0.25) is 6.79 Å². The number of para-hydroxylation sites is 1. The van der Waals surface area contributed by atoms with Crippen molar-refractivity contribution in [2.45, 2.75) is 31.2 Å². The van der Waals surface area contributed by atoms with Crippen molar-refractivity contribution in [2.75, 3.05) is 17.6 Å². The van der Waals surface area contributed by atoms with Gasteiger partial charge in [-0.1, -0.05) is 36.5 Å². The molecule has 0 N–H and O–H groups in total. The monoisotopic (exact) mass is 521 g/mol. The van der Waals surface area contributed by atoms with E-state index in [2.05, 4.69) is 11.9 Å². The van der Waals surface area contributed by atoms with Gasteiger partial charge in [-0.3, -0.25) is 9.10 Å².